The molecule has 0 radical (unpaired) electrons. The van der Waals surface area contributed by atoms with Gasteiger partial charge in [0, 0.05) is 6.20 Å². The van der Waals surface area contributed by atoms with Crippen molar-refractivity contribution in [1.29, 1.82) is 0 Å². The second-order valence-corrected chi connectivity index (χ2v) is 5.11. The second-order valence-electron chi connectivity index (χ2n) is 5.11. The molecule has 0 atom stereocenters. The van der Waals surface area contributed by atoms with Crippen molar-refractivity contribution in [2.75, 3.05) is 5.32 Å². The van der Waals surface area contributed by atoms with Crippen LogP contribution in [0.25, 0.3) is 0 Å². The van der Waals surface area contributed by atoms with E-state index in [0.717, 1.165) is 10.2 Å². The Morgan fingerprint density at radius 3 is 2.68 bits per heavy atom. The summed E-state index contributed by atoms with van der Waals surface area (Å²) in [6, 6.07) is 7.34. The van der Waals surface area contributed by atoms with E-state index in [2.05, 4.69) is 20.5 Å². The van der Waals surface area contributed by atoms with Crippen LogP contribution in [0.1, 0.15) is 16.1 Å². The minimum absolute atomic E-state index is 0.0650. The van der Waals surface area contributed by atoms with Crippen LogP contribution in [0.3, 0.4) is 0 Å². The summed E-state index contributed by atoms with van der Waals surface area (Å²) in [5, 5.41) is 19.2. The zero-order valence-electron chi connectivity index (χ0n) is 12.8. The number of anilines is 1. The van der Waals surface area contributed by atoms with Crippen molar-refractivity contribution in [2.45, 2.75) is 13.1 Å². The van der Waals surface area contributed by atoms with Crippen LogP contribution in [0.5, 0.6) is 0 Å². The first-order valence-electron chi connectivity index (χ1n) is 7.20. The molecule has 0 saturated carbocycles. The van der Waals surface area contributed by atoms with Crippen LogP contribution in [0.4, 0.5) is 10.3 Å². The fourth-order valence-corrected chi connectivity index (χ4v) is 2.15. The normalized spacial score (nSPS) is 10.6. The molecule has 9 nitrogen and oxygen atoms in total. The van der Waals surface area contributed by atoms with Gasteiger partial charge in [-0.05, 0) is 23.8 Å². The van der Waals surface area contributed by atoms with Gasteiger partial charge in [0.15, 0.2) is 0 Å². The molecule has 0 spiro atoms. The summed E-state index contributed by atoms with van der Waals surface area (Å²) >= 11 is 0. The van der Waals surface area contributed by atoms with Gasteiger partial charge in [-0.3, -0.25) is 14.9 Å². The molecule has 0 bridgehead atoms. The number of halogens is 1. The van der Waals surface area contributed by atoms with E-state index < -0.39 is 18.4 Å². The quantitative estimate of drug-likeness (QED) is 0.689. The molecule has 2 aromatic heterocycles. The van der Waals surface area contributed by atoms with Gasteiger partial charge in [0.25, 0.3) is 5.91 Å². The number of aromatic nitrogens is 5. The maximum Gasteiger partial charge on any atom is 0.325 e. The van der Waals surface area contributed by atoms with Crippen LogP contribution < -0.4 is 5.32 Å². The topological polar surface area (TPSA) is 115 Å². The van der Waals surface area contributed by atoms with Crippen LogP contribution in [0.15, 0.2) is 42.9 Å². The Morgan fingerprint density at radius 2 is 1.96 bits per heavy atom. The molecule has 128 valence electrons. The lowest BCUT2D eigenvalue weighted by molar-refractivity contribution is -0.137. The number of nitrogens with zero attached hydrogens (tertiary/aromatic N) is 5. The van der Waals surface area contributed by atoms with Crippen molar-refractivity contribution in [2.24, 2.45) is 0 Å². The number of carboxylic acid groups (broad SMARTS) is 1. The predicted molar refractivity (Wildman–Crippen MR) is 83.3 cm³/mol. The third-order valence-electron chi connectivity index (χ3n) is 3.25. The molecule has 0 aliphatic carbocycles. The van der Waals surface area contributed by atoms with Gasteiger partial charge < -0.3 is 5.11 Å². The van der Waals surface area contributed by atoms with Crippen molar-refractivity contribution in [3.63, 3.8) is 0 Å². The third-order valence-corrected chi connectivity index (χ3v) is 3.25. The summed E-state index contributed by atoms with van der Waals surface area (Å²) in [6.07, 6.45) is 2.76. The zero-order valence-corrected chi connectivity index (χ0v) is 12.8. The number of hydrogen-bond donors (Lipinski definition) is 2. The van der Waals surface area contributed by atoms with Crippen LogP contribution >= 0.6 is 0 Å². The molecule has 25 heavy (non-hydrogen) atoms. The fourth-order valence-electron chi connectivity index (χ4n) is 2.15. The van der Waals surface area contributed by atoms with Crippen molar-refractivity contribution in [3.05, 3.63) is 59.9 Å². The highest BCUT2D eigenvalue weighted by Crippen LogP contribution is 2.07. The number of hydrogen-bond acceptors (Lipinski definition) is 5. The fraction of sp³-hybridized carbons (Fsp3) is 0.133. The Hall–Kier alpha value is -3.56. The number of carboxylic acids is 1. The smallest absolute Gasteiger partial charge is 0.325 e. The standard InChI is InChI=1S/C15H13FN6O3/c16-11-3-1-10(2-4-11)7-21-9-17-15(20-21)19-14(25)12-5-6-18-22(12)8-13(23)24/h1-6,9H,7-8H2,(H,23,24)(H,19,20,25). The van der Waals surface area contributed by atoms with Crippen molar-refractivity contribution < 1.29 is 19.1 Å². The van der Waals surface area contributed by atoms with Crippen molar-refractivity contribution in [1.82, 2.24) is 24.5 Å². The summed E-state index contributed by atoms with van der Waals surface area (Å²) in [5.41, 5.74) is 0.904. The van der Waals surface area contributed by atoms with Gasteiger partial charge in [-0.2, -0.15) is 5.10 Å². The first-order valence-corrected chi connectivity index (χ1v) is 7.20. The highest BCUT2D eigenvalue weighted by molar-refractivity contribution is 6.02. The summed E-state index contributed by atoms with van der Waals surface area (Å²) in [7, 11) is 0. The molecule has 0 unspecified atom stereocenters. The Balaban J connectivity index is 1.67. The number of aliphatic carboxylic acids is 1. The van der Waals surface area contributed by atoms with E-state index in [1.54, 1.807) is 12.1 Å². The molecule has 2 heterocycles. The summed E-state index contributed by atoms with van der Waals surface area (Å²) in [6.45, 7) is -0.0672. The lowest BCUT2D eigenvalue weighted by atomic mass is 10.2. The highest BCUT2D eigenvalue weighted by atomic mass is 19.1. The number of nitrogens with one attached hydrogen (secondary N) is 1. The molecule has 3 aromatic rings. The van der Waals surface area contributed by atoms with E-state index in [9.17, 15) is 14.0 Å². The van der Waals surface area contributed by atoms with Crippen LogP contribution in [-0.4, -0.2) is 41.5 Å². The molecule has 0 fully saturated rings. The van der Waals surface area contributed by atoms with Gasteiger partial charge >= 0.3 is 5.97 Å². The SMILES string of the molecule is O=C(O)Cn1nccc1C(=O)Nc1ncn(Cc2ccc(F)cc2)n1. The average Bonchev–Trinajstić information content (AvgIpc) is 3.18. The second kappa shape index (κ2) is 6.91. The Kier molecular flexibility index (Phi) is 4.50. The Labute approximate surface area is 140 Å². The Morgan fingerprint density at radius 1 is 1.20 bits per heavy atom. The monoisotopic (exact) mass is 344 g/mol. The molecular formula is C15H13FN6O3. The number of amides is 1. The van der Waals surface area contributed by atoms with E-state index in [1.165, 1.54) is 35.4 Å². The largest absolute Gasteiger partial charge is 0.480 e. The summed E-state index contributed by atoms with van der Waals surface area (Å²) in [5.74, 6) is -1.94. The summed E-state index contributed by atoms with van der Waals surface area (Å²) in [4.78, 5) is 26.9. The van der Waals surface area contributed by atoms with Crippen molar-refractivity contribution in [3.8, 4) is 0 Å². The van der Waals surface area contributed by atoms with Gasteiger partial charge in [0.05, 0.1) is 6.54 Å². The molecule has 10 heteroatoms. The van der Waals surface area contributed by atoms with E-state index in [4.69, 9.17) is 5.11 Å². The first-order chi connectivity index (χ1) is 12.0. The number of rotatable bonds is 6. The van der Waals surface area contributed by atoms with Crippen molar-refractivity contribution >= 4 is 17.8 Å². The summed E-state index contributed by atoms with van der Waals surface area (Å²) < 4.78 is 15.4. The van der Waals surface area contributed by atoms with Crippen LogP contribution in [0, 0.1) is 5.82 Å². The lowest BCUT2D eigenvalue weighted by Gasteiger charge is -2.04. The molecule has 0 saturated heterocycles. The van der Waals surface area contributed by atoms with E-state index in [-0.39, 0.29) is 17.5 Å². The number of benzene rings is 1. The number of carbonyl (C=O) groups is 2. The van der Waals surface area contributed by atoms with Gasteiger partial charge in [-0.1, -0.05) is 12.1 Å². The first kappa shape index (κ1) is 16.3. The lowest BCUT2D eigenvalue weighted by Crippen LogP contribution is -2.21. The molecular weight excluding hydrogens is 331 g/mol. The van der Waals surface area contributed by atoms with E-state index in [0.29, 0.717) is 6.54 Å². The maximum atomic E-state index is 12.9. The molecule has 0 aliphatic heterocycles. The highest BCUT2D eigenvalue weighted by Gasteiger charge is 2.15. The minimum atomic E-state index is -1.11. The predicted octanol–water partition coefficient (Wildman–Crippen LogP) is 0.999. The van der Waals surface area contributed by atoms with Gasteiger partial charge in [0.2, 0.25) is 5.95 Å². The third kappa shape index (κ3) is 4.05. The molecule has 0 aliphatic rings. The van der Waals surface area contributed by atoms with Crippen LogP contribution in [-0.2, 0) is 17.9 Å². The average molecular weight is 344 g/mol. The maximum absolute atomic E-state index is 12.9. The van der Waals surface area contributed by atoms with Crippen LogP contribution in [0.2, 0.25) is 0 Å². The molecule has 3 rings (SSSR count). The van der Waals surface area contributed by atoms with Gasteiger partial charge in [-0.15, -0.1) is 5.10 Å². The van der Waals surface area contributed by atoms with E-state index in [1.807, 2.05) is 0 Å². The molecule has 1 amide bonds. The molecule has 1 aromatic carbocycles. The minimum Gasteiger partial charge on any atom is -0.480 e. The zero-order chi connectivity index (χ0) is 17.8. The Bertz CT molecular complexity index is 902. The van der Waals surface area contributed by atoms with Gasteiger partial charge in [-0.25, -0.2) is 18.7 Å². The molecule has 2 N–H and O–H groups in total. The number of carbonyl (C=O) groups excluding carboxylic acids is 1. The van der Waals surface area contributed by atoms with E-state index >= 15 is 0 Å². The van der Waals surface area contributed by atoms with Gasteiger partial charge in [0.1, 0.15) is 24.4 Å².